The van der Waals surface area contributed by atoms with Gasteiger partial charge in [-0.2, -0.15) is 4.98 Å². The lowest BCUT2D eigenvalue weighted by molar-refractivity contribution is 0.316. The molecule has 2 rings (SSSR count). The van der Waals surface area contributed by atoms with Crippen LogP contribution < -0.4 is 10.1 Å². The maximum Gasteiger partial charge on any atom is 0.221 e. The number of hydrogen-bond acceptors (Lipinski definition) is 4. The maximum atomic E-state index is 5.60. The van der Waals surface area contributed by atoms with Crippen LogP contribution in [0.1, 0.15) is 43.8 Å². The summed E-state index contributed by atoms with van der Waals surface area (Å²) in [7, 11) is 0. The van der Waals surface area contributed by atoms with E-state index in [1.807, 2.05) is 6.92 Å². The summed E-state index contributed by atoms with van der Waals surface area (Å²) in [4.78, 5) is 9.13. The number of aromatic nitrogens is 2. The van der Waals surface area contributed by atoms with Crippen LogP contribution in [0.3, 0.4) is 0 Å². The summed E-state index contributed by atoms with van der Waals surface area (Å²) in [5.74, 6) is 2.01. The fraction of sp³-hybridized carbons (Fsp3) is 0.667. The molecule has 0 aromatic carbocycles. The Morgan fingerprint density at radius 1 is 1.38 bits per heavy atom. The Balaban J connectivity index is 2.43. The van der Waals surface area contributed by atoms with Crippen LogP contribution in [0.4, 0.5) is 0 Å². The third-order valence-electron chi connectivity index (χ3n) is 2.71. The minimum absolute atomic E-state index is 0.347. The van der Waals surface area contributed by atoms with Crippen molar-refractivity contribution in [1.29, 1.82) is 0 Å². The van der Waals surface area contributed by atoms with E-state index in [2.05, 4.69) is 29.1 Å². The Bertz CT molecular complexity index is 377. The second-order valence-electron chi connectivity index (χ2n) is 4.33. The van der Waals surface area contributed by atoms with E-state index in [0.717, 1.165) is 42.5 Å². The molecule has 0 saturated heterocycles. The van der Waals surface area contributed by atoms with Gasteiger partial charge in [0.15, 0.2) is 0 Å². The number of nitrogens with zero attached hydrogens (tertiary/aromatic N) is 2. The monoisotopic (exact) mass is 221 g/mol. The molecule has 1 aliphatic rings. The van der Waals surface area contributed by atoms with Gasteiger partial charge < -0.3 is 10.1 Å². The summed E-state index contributed by atoms with van der Waals surface area (Å²) >= 11 is 0. The molecule has 88 valence electrons. The summed E-state index contributed by atoms with van der Waals surface area (Å²) in [6.45, 7) is 8.67. The predicted octanol–water partition coefficient (Wildman–Crippen LogP) is 1.64. The molecular formula is C12H19N3O. The second-order valence-corrected chi connectivity index (χ2v) is 4.33. The molecule has 0 amide bonds. The molecule has 2 heterocycles. The molecule has 4 heteroatoms. The largest absolute Gasteiger partial charge is 0.478 e. The minimum Gasteiger partial charge on any atom is -0.478 e. The summed E-state index contributed by atoms with van der Waals surface area (Å²) in [6.07, 6.45) is 0.970. The van der Waals surface area contributed by atoms with Crippen LogP contribution in [-0.4, -0.2) is 23.1 Å². The summed E-state index contributed by atoms with van der Waals surface area (Å²) in [5.41, 5.74) is 2.29. The lowest BCUT2D eigenvalue weighted by Crippen LogP contribution is -2.26. The second kappa shape index (κ2) is 4.78. The molecular weight excluding hydrogens is 202 g/mol. The third kappa shape index (κ3) is 2.16. The van der Waals surface area contributed by atoms with Gasteiger partial charge in [-0.25, -0.2) is 4.98 Å². The number of hydrogen-bond donors (Lipinski definition) is 1. The molecule has 1 aromatic rings. The van der Waals surface area contributed by atoms with Crippen LogP contribution in [0.15, 0.2) is 0 Å². The first-order valence-electron chi connectivity index (χ1n) is 5.95. The fourth-order valence-corrected chi connectivity index (χ4v) is 1.84. The quantitative estimate of drug-likeness (QED) is 0.843. The van der Waals surface area contributed by atoms with E-state index in [1.54, 1.807) is 0 Å². The Morgan fingerprint density at radius 3 is 2.88 bits per heavy atom. The van der Waals surface area contributed by atoms with Crippen molar-refractivity contribution in [2.45, 2.75) is 39.7 Å². The molecule has 0 saturated carbocycles. The molecule has 0 radical (unpaired) electrons. The molecule has 1 N–H and O–H groups in total. The Labute approximate surface area is 96.4 Å². The average molecular weight is 221 g/mol. The van der Waals surface area contributed by atoms with E-state index < -0.39 is 0 Å². The summed E-state index contributed by atoms with van der Waals surface area (Å²) < 4.78 is 5.60. The fourth-order valence-electron chi connectivity index (χ4n) is 1.84. The lowest BCUT2D eigenvalue weighted by Gasteiger charge is -2.20. The van der Waals surface area contributed by atoms with Crippen LogP contribution in [0, 0.1) is 0 Å². The van der Waals surface area contributed by atoms with Gasteiger partial charge in [0, 0.05) is 31.0 Å². The van der Waals surface area contributed by atoms with Crippen LogP contribution in [-0.2, 0) is 13.0 Å². The van der Waals surface area contributed by atoms with Crippen LogP contribution in [0.5, 0.6) is 5.88 Å². The van der Waals surface area contributed by atoms with Gasteiger partial charge in [0.2, 0.25) is 5.88 Å². The summed E-state index contributed by atoms with van der Waals surface area (Å²) in [6, 6.07) is 0. The van der Waals surface area contributed by atoms with Gasteiger partial charge in [-0.3, -0.25) is 0 Å². The van der Waals surface area contributed by atoms with Crippen molar-refractivity contribution in [1.82, 2.24) is 15.3 Å². The van der Waals surface area contributed by atoms with E-state index >= 15 is 0 Å². The summed E-state index contributed by atoms with van der Waals surface area (Å²) in [5, 5.41) is 3.33. The number of rotatable bonds is 3. The molecule has 1 aliphatic heterocycles. The van der Waals surface area contributed by atoms with Gasteiger partial charge in [0.25, 0.3) is 0 Å². The van der Waals surface area contributed by atoms with Crippen LogP contribution >= 0.6 is 0 Å². The number of fused-ring (bicyclic) bond motifs is 1. The number of ether oxygens (including phenoxy) is 1. The van der Waals surface area contributed by atoms with Crippen molar-refractivity contribution in [3.63, 3.8) is 0 Å². The Morgan fingerprint density at radius 2 is 2.19 bits per heavy atom. The molecule has 0 atom stereocenters. The highest BCUT2D eigenvalue weighted by Gasteiger charge is 2.19. The zero-order chi connectivity index (χ0) is 11.5. The Hall–Kier alpha value is -1.16. The Kier molecular flexibility index (Phi) is 3.39. The van der Waals surface area contributed by atoms with E-state index in [0.29, 0.717) is 12.5 Å². The predicted molar refractivity (Wildman–Crippen MR) is 62.7 cm³/mol. The van der Waals surface area contributed by atoms with Gasteiger partial charge in [0.05, 0.1) is 12.3 Å². The normalized spacial score (nSPS) is 15.0. The first-order valence-corrected chi connectivity index (χ1v) is 5.95. The zero-order valence-electron chi connectivity index (χ0n) is 10.2. The standard InChI is InChI=1S/C12H19N3O/c1-4-16-12-9-7-13-6-5-10(9)14-11(15-12)8(2)3/h8,13H,4-7H2,1-3H3. The van der Waals surface area contributed by atoms with Crippen LogP contribution in [0.2, 0.25) is 0 Å². The van der Waals surface area contributed by atoms with Crippen molar-refractivity contribution >= 4 is 0 Å². The molecule has 16 heavy (non-hydrogen) atoms. The SMILES string of the molecule is CCOc1nc(C(C)C)nc2c1CNCC2. The molecule has 0 aliphatic carbocycles. The van der Waals surface area contributed by atoms with Gasteiger partial charge >= 0.3 is 0 Å². The van der Waals surface area contributed by atoms with E-state index in [-0.39, 0.29) is 0 Å². The first kappa shape index (κ1) is 11.3. The lowest BCUT2D eigenvalue weighted by atomic mass is 10.1. The molecule has 4 nitrogen and oxygen atoms in total. The highest BCUT2D eigenvalue weighted by molar-refractivity contribution is 5.33. The van der Waals surface area contributed by atoms with Gasteiger partial charge in [-0.1, -0.05) is 13.8 Å². The van der Waals surface area contributed by atoms with Gasteiger partial charge in [-0.15, -0.1) is 0 Å². The van der Waals surface area contributed by atoms with Crippen molar-refractivity contribution in [2.75, 3.05) is 13.2 Å². The van der Waals surface area contributed by atoms with Crippen molar-refractivity contribution in [3.05, 3.63) is 17.1 Å². The maximum absolute atomic E-state index is 5.60. The van der Waals surface area contributed by atoms with Crippen LogP contribution in [0.25, 0.3) is 0 Å². The van der Waals surface area contributed by atoms with Crippen molar-refractivity contribution < 1.29 is 4.74 Å². The molecule has 0 unspecified atom stereocenters. The number of nitrogens with one attached hydrogen (secondary N) is 1. The van der Waals surface area contributed by atoms with Gasteiger partial charge in [0.1, 0.15) is 5.82 Å². The minimum atomic E-state index is 0.347. The van der Waals surface area contributed by atoms with E-state index in [4.69, 9.17) is 4.74 Å². The van der Waals surface area contributed by atoms with E-state index in [1.165, 1.54) is 0 Å². The molecule has 0 spiro atoms. The topological polar surface area (TPSA) is 47.0 Å². The first-order chi connectivity index (χ1) is 7.72. The van der Waals surface area contributed by atoms with Crippen molar-refractivity contribution in [3.8, 4) is 5.88 Å². The van der Waals surface area contributed by atoms with Crippen molar-refractivity contribution in [2.24, 2.45) is 0 Å². The van der Waals surface area contributed by atoms with E-state index in [9.17, 15) is 0 Å². The van der Waals surface area contributed by atoms with Gasteiger partial charge in [-0.05, 0) is 6.92 Å². The molecule has 0 bridgehead atoms. The molecule has 1 aromatic heterocycles. The smallest absolute Gasteiger partial charge is 0.221 e. The highest BCUT2D eigenvalue weighted by Crippen LogP contribution is 2.24. The average Bonchev–Trinajstić information content (AvgIpc) is 2.29. The zero-order valence-corrected chi connectivity index (χ0v) is 10.2. The molecule has 0 fully saturated rings. The third-order valence-corrected chi connectivity index (χ3v) is 2.71. The highest BCUT2D eigenvalue weighted by atomic mass is 16.5.